The Kier molecular flexibility index (Phi) is 7.34. The molecule has 1 aliphatic heterocycles. The summed E-state index contributed by atoms with van der Waals surface area (Å²) in [6.45, 7) is 5.89. The number of carbonyl (C=O) groups is 2. The lowest BCUT2D eigenvalue weighted by Gasteiger charge is -2.36. The van der Waals surface area contributed by atoms with Crippen molar-refractivity contribution in [3.05, 3.63) is 0 Å². The van der Waals surface area contributed by atoms with E-state index < -0.39 is 0 Å². The normalized spacial score (nSPS) is 22.5. The third-order valence-corrected chi connectivity index (χ3v) is 5.24. The largest absolute Gasteiger partial charge is 0.465 e. The summed E-state index contributed by atoms with van der Waals surface area (Å²) in [7, 11) is 0. The number of rotatable bonds is 6. The van der Waals surface area contributed by atoms with Gasteiger partial charge in [-0.25, -0.2) is 0 Å². The Morgan fingerprint density at radius 1 is 1.09 bits per heavy atom. The summed E-state index contributed by atoms with van der Waals surface area (Å²) >= 11 is 0. The molecule has 0 spiro atoms. The van der Waals surface area contributed by atoms with Crippen molar-refractivity contribution in [2.45, 2.75) is 77.3 Å². The van der Waals surface area contributed by atoms with Gasteiger partial charge in [-0.3, -0.25) is 14.5 Å². The molecule has 2 rings (SSSR count). The summed E-state index contributed by atoms with van der Waals surface area (Å²) < 4.78 is 5.16. The quantitative estimate of drug-likeness (QED) is 0.763. The molecule has 0 aromatic carbocycles. The second-order valence-corrected chi connectivity index (χ2v) is 6.83. The first-order valence-corrected chi connectivity index (χ1v) is 9.36. The predicted molar refractivity (Wildman–Crippen MR) is 90.0 cm³/mol. The minimum absolute atomic E-state index is 0.105. The molecule has 1 aliphatic carbocycles. The highest BCUT2D eigenvalue weighted by atomic mass is 16.5. The van der Waals surface area contributed by atoms with Gasteiger partial charge in [0.1, 0.15) is 6.04 Å². The molecule has 1 N–H and O–H groups in total. The summed E-state index contributed by atoms with van der Waals surface area (Å²) in [4.78, 5) is 26.6. The molecule has 5 heteroatoms. The summed E-state index contributed by atoms with van der Waals surface area (Å²) in [6.07, 6.45) is 8.48. The molecule has 23 heavy (non-hydrogen) atoms. The van der Waals surface area contributed by atoms with Crippen LogP contribution in [0.25, 0.3) is 0 Å². The zero-order valence-corrected chi connectivity index (χ0v) is 14.7. The Hall–Kier alpha value is -1.10. The molecule has 0 radical (unpaired) electrons. The molecule has 1 heterocycles. The van der Waals surface area contributed by atoms with Crippen molar-refractivity contribution in [3.8, 4) is 0 Å². The molecule has 0 aromatic rings. The number of piperidine rings is 1. The number of ether oxygens (including phenoxy) is 1. The highest BCUT2D eigenvalue weighted by Gasteiger charge is 2.32. The summed E-state index contributed by atoms with van der Waals surface area (Å²) in [5.41, 5.74) is 0. The van der Waals surface area contributed by atoms with Crippen LogP contribution in [0.1, 0.15) is 65.2 Å². The van der Waals surface area contributed by atoms with Crippen LogP contribution in [0.5, 0.6) is 0 Å². The standard InChI is InChI=1S/C18H32N2O3/c1-3-16(18(22)23-4-2)20-12-10-14(11-13-20)17(21)19-15-8-6-5-7-9-15/h14-16H,3-13H2,1-2H3,(H,19,21)/t16-/m1/s1. The van der Waals surface area contributed by atoms with E-state index >= 15 is 0 Å². The SMILES string of the molecule is CCOC(=O)[C@@H](CC)N1CCC(C(=O)NC2CCCCC2)CC1. The fourth-order valence-electron chi connectivity index (χ4n) is 3.85. The maximum Gasteiger partial charge on any atom is 0.323 e. The number of amides is 1. The van der Waals surface area contributed by atoms with Gasteiger partial charge < -0.3 is 10.1 Å². The fourth-order valence-corrected chi connectivity index (χ4v) is 3.85. The molecule has 1 saturated carbocycles. The monoisotopic (exact) mass is 324 g/mol. The first-order chi connectivity index (χ1) is 11.2. The van der Waals surface area contributed by atoms with Gasteiger partial charge in [-0.1, -0.05) is 26.2 Å². The van der Waals surface area contributed by atoms with Crippen LogP contribution in [-0.2, 0) is 14.3 Å². The van der Waals surface area contributed by atoms with Gasteiger partial charge in [0.2, 0.25) is 5.91 Å². The number of carbonyl (C=O) groups excluding carboxylic acids is 2. The summed E-state index contributed by atoms with van der Waals surface area (Å²) in [5, 5.41) is 3.24. The van der Waals surface area contributed by atoms with Crippen molar-refractivity contribution in [3.63, 3.8) is 0 Å². The van der Waals surface area contributed by atoms with Crippen LogP contribution in [0.15, 0.2) is 0 Å². The molecule has 1 atom stereocenters. The molecule has 1 amide bonds. The van der Waals surface area contributed by atoms with Crippen molar-refractivity contribution in [1.82, 2.24) is 10.2 Å². The maximum atomic E-state index is 12.4. The van der Waals surface area contributed by atoms with Crippen LogP contribution in [0.3, 0.4) is 0 Å². The van der Waals surface area contributed by atoms with Crippen LogP contribution in [0.2, 0.25) is 0 Å². The lowest BCUT2D eigenvalue weighted by molar-refractivity contribution is -0.150. The van der Waals surface area contributed by atoms with Crippen LogP contribution in [0.4, 0.5) is 0 Å². The predicted octanol–water partition coefficient (Wildman–Crippen LogP) is 2.49. The highest BCUT2D eigenvalue weighted by Crippen LogP contribution is 2.23. The van der Waals surface area contributed by atoms with Crippen molar-refractivity contribution in [2.24, 2.45) is 5.92 Å². The van der Waals surface area contributed by atoms with Crippen molar-refractivity contribution in [2.75, 3.05) is 19.7 Å². The van der Waals surface area contributed by atoms with E-state index in [1.807, 2.05) is 13.8 Å². The van der Waals surface area contributed by atoms with Crippen LogP contribution < -0.4 is 5.32 Å². The number of hydrogen-bond acceptors (Lipinski definition) is 4. The van der Waals surface area contributed by atoms with E-state index in [0.29, 0.717) is 12.6 Å². The van der Waals surface area contributed by atoms with E-state index in [1.165, 1.54) is 19.3 Å². The molecule has 132 valence electrons. The third-order valence-electron chi connectivity index (χ3n) is 5.24. The van der Waals surface area contributed by atoms with Crippen LogP contribution in [0, 0.1) is 5.92 Å². The lowest BCUT2D eigenvalue weighted by Crippen LogP contribution is -2.49. The minimum atomic E-state index is -0.155. The molecule has 2 fully saturated rings. The second kappa shape index (κ2) is 9.26. The minimum Gasteiger partial charge on any atom is -0.465 e. The number of esters is 1. The molecule has 0 unspecified atom stereocenters. The molecule has 5 nitrogen and oxygen atoms in total. The smallest absolute Gasteiger partial charge is 0.323 e. The molecule has 2 aliphatic rings. The topological polar surface area (TPSA) is 58.6 Å². The van der Waals surface area contributed by atoms with Crippen LogP contribution >= 0.6 is 0 Å². The van der Waals surface area contributed by atoms with Gasteiger partial charge in [0, 0.05) is 12.0 Å². The summed E-state index contributed by atoms with van der Waals surface area (Å²) in [6, 6.07) is 0.231. The lowest BCUT2D eigenvalue weighted by atomic mass is 9.92. The highest BCUT2D eigenvalue weighted by molar-refractivity contribution is 5.79. The van der Waals surface area contributed by atoms with E-state index in [2.05, 4.69) is 10.2 Å². The first kappa shape index (κ1) is 18.2. The average Bonchev–Trinajstić information content (AvgIpc) is 2.57. The fraction of sp³-hybridized carbons (Fsp3) is 0.889. The van der Waals surface area contributed by atoms with Gasteiger partial charge in [-0.2, -0.15) is 0 Å². The zero-order valence-electron chi connectivity index (χ0n) is 14.7. The van der Waals surface area contributed by atoms with Crippen molar-refractivity contribution < 1.29 is 14.3 Å². The Labute approximate surface area is 140 Å². The van der Waals surface area contributed by atoms with Gasteiger partial charge in [0.25, 0.3) is 0 Å². The number of hydrogen-bond donors (Lipinski definition) is 1. The Morgan fingerprint density at radius 3 is 2.30 bits per heavy atom. The van der Waals surface area contributed by atoms with E-state index in [-0.39, 0.29) is 23.8 Å². The zero-order chi connectivity index (χ0) is 16.7. The van der Waals surface area contributed by atoms with Gasteiger partial charge in [-0.15, -0.1) is 0 Å². The second-order valence-electron chi connectivity index (χ2n) is 6.83. The molecule has 0 bridgehead atoms. The maximum absolute atomic E-state index is 12.4. The van der Waals surface area contributed by atoms with Gasteiger partial charge in [0.15, 0.2) is 0 Å². The van der Waals surface area contributed by atoms with Gasteiger partial charge >= 0.3 is 5.97 Å². The summed E-state index contributed by atoms with van der Waals surface area (Å²) in [5.74, 6) is 0.203. The molecular weight excluding hydrogens is 292 g/mol. The Morgan fingerprint density at radius 2 is 1.74 bits per heavy atom. The van der Waals surface area contributed by atoms with E-state index in [9.17, 15) is 9.59 Å². The van der Waals surface area contributed by atoms with E-state index in [1.54, 1.807) is 0 Å². The number of nitrogens with one attached hydrogen (secondary N) is 1. The van der Waals surface area contributed by atoms with E-state index in [0.717, 1.165) is 45.2 Å². The van der Waals surface area contributed by atoms with Gasteiger partial charge in [0.05, 0.1) is 6.61 Å². The number of nitrogens with zero attached hydrogens (tertiary/aromatic N) is 1. The van der Waals surface area contributed by atoms with E-state index in [4.69, 9.17) is 4.74 Å². The first-order valence-electron chi connectivity index (χ1n) is 9.36. The Bertz CT molecular complexity index is 386. The molecule has 0 aromatic heterocycles. The Balaban J connectivity index is 1.77. The van der Waals surface area contributed by atoms with Crippen LogP contribution in [-0.4, -0.2) is 48.6 Å². The van der Waals surface area contributed by atoms with Crippen molar-refractivity contribution in [1.29, 1.82) is 0 Å². The van der Waals surface area contributed by atoms with Crippen molar-refractivity contribution >= 4 is 11.9 Å². The molecule has 1 saturated heterocycles. The van der Waals surface area contributed by atoms with Gasteiger partial charge in [-0.05, 0) is 52.1 Å². The average molecular weight is 324 g/mol. The number of likely N-dealkylation sites (tertiary alicyclic amines) is 1. The molecular formula is C18H32N2O3. The third kappa shape index (κ3) is 5.20.